The molecule has 3 heteroatoms. The Hall–Kier alpha value is -1.22. The molecule has 0 aliphatic heterocycles. The van der Waals surface area contributed by atoms with E-state index in [1.165, 1.54) is 0 Å². The first-order chi connectivity index (χ1) is 7.29. The summed E-state index contributed by atoms with van der Waals surface area (Å²) in [5.74, 6) is 0.731. The first kappa shape index (κ1) is 12.8. The van der Waals surface area contributed by atoms with Crippen LogP contribution in [0.2, 0.25) is 0 Å². The van der Waals surface area contributed by atoms with Crippen LogP contribution in [0.15, 0.2) is 12.1 Å². The van der Waals surface area contributed by atoms with Crippen molar-refractivity contribution in [3.05, 3.63) is 23.3 Å². The van der Waals surface area contributed by atoms with Gasteiger partial charge in [-0.05, 0) is 44.9 Å². The molecule has 1 aromatic carbocycles. The Kier molecular flexibility index (Phi) is 3.81. The maximum Gasteiger partial charge on any atom is 0.145 e. The van der Waals surface area contributed by atoms with Crippen molar-refractivity contribution in [1.29, 1.82) is 0 Å². The standard InChI is InChI=1S/C13H21NO2/c1-9-7-10(2)12(11(14)8-9)16-6-5-13(3,4)15/h7-8,15H,5-6,14H2,1-4H3. The Balaban J connectivity index is 2.68. The highest BCUT2D eigenvalue weighted by molar-refractivity contribution is 5.58. The first-order valence-electron chi connectivity index (χ1n) is 5.51. The first-order valence-corrected chi connectivity index (χ1v) is 5.51. The summed E-state index contributed by atoms with van der Waals surface area (Å²) < 4.78 is 5.61. The summed E-state index contributed by atoms with van der Waals surface area (Å²) in [7, 11) is 0. The number of nitrogens with two attached hydrogens (primary N) is 1. The number of hydrogen-bond acceptors (Lipinski definition) is 3. The molecule has 0 atom stereocenters. The Morgan fingerprint density at radius 3 is 2.44 bits per heavy atom. The molecule has 3 nitrogen and oxygen atoms in total. The minimum Gasteiger partial charge on any atom is -0.491 e. The molecule has 0 amide bonds. The molecule has 0 bridgehead atoms. The van der Waals surface area contributed by atoms with Crippen LogP contribution >= 0.6 is 0 Å². The fraction of sp³-hybridized carbons (Fsp3) is 0.538. The summed E-state index contributed by atoms with van der Waals surface area (Å²) in [5, 5.41) is 9.57. The fourth-order valence-corrected chi connectivity index (χ4v) is 1.59. The van der Waals surface area contributed by atoms with Crippen LogP contribution < -0.4 is 10.5 Å². The van der Waals surface area contributed by atoms with Crippen molar-refractivity contribution in [2.24, 2.45) is 0 Å². The number of ether oxygens (including phenoxy) is 1. The third-order valence-corrected chi connectivity index (χ3v) is 2.41. The predicted octanol–water partition coefficient (Wildman–Crippen LogP) is 2.43. The number of aliphatic hydroxyl groups is 1. The van der Waals surface area contributed by atoms with E-state index in [0.717, 1.165) is 16.9 Å². The minimum absolute atomic E-state index is 0.470. The molecule has 0 saturated carbocycles. The van der Waals surface area contributed by atoms with Crippen LogP contribution in [-0.2, 0) is 0 Å². The molecule has 1 rings (SSSR count). The number of rotatable bonds is 4. The molecule has 0 fully saturated rings. The third kappa shape index (κ3) is 3.74. The van der Waals surface area contributed by atoms with Gasteiger partial charge in [0, 0.05) is 6.42 Å². The van der Waals surface area contributed by atoms with Gasteiger partial charge in [0.25, 0.3) is 0 Å². The normalized spacial score (nSPS) is 11.6. The lowest BCUT2D eigenvalue weighted by Gasteiger charge is -2.18. The van der Waals surface area contributed by atoms with Crippen LogP contribution in [0.1, 0.15) is 31.4 Å². The van der Waals surface area contributed by atoms with Crippen molar-refractivity contribution in [3.63, 3.8) is 0 Å². The van der Waals surface area contributed by atoms with Gasteiger partial charge in [0.05, 0.1) is 17.9 Å². The SMILES string of the molecule is Cc1cc(C)c(OCCC(C)(C)O)c(N)c1. The number of anilines is 1. The summed E-state index contributed by atoms with van der Waals surface area (Å²) in [4.78, 5) is 0. The minimum atomic E-state index is -0.701. The molecular formula is C13H21NO2. The van der Waals surface area contributed by atoms with Gasteiger partial charge in [-0.15, -0.1) is 0 Å². The summed E-state index contributed by atoms with van der Waals surface area (Å²) in [6, 6.07) is 3.93. The van der Waals surface area contributed by atoms with E-state index in [0.29, 0.717) is 18.7 Å². The molecule has 0 saturated heterocycles. The summed E-state index contributed by atoms with van der Waals surface area (Å²) >= 11 is 0. The smallest absolute Gasteiger partial charge is 0.145 e. The van der Waals surface area contributed by atoms with E-state index in [9.17, 15) is 5.11 Å². The molecule has 3 N–H and O–H groups in total. The Labute approximate surface area is 97.2 Å². The average molecular weight is 223 g/mol. The highest BCUT2D eigenvalue weighted by Crippen LogP contribution is 2.27. The van der Waals surface area contributed by atoms with Gasteiger partial charge in [-0.25, -0.2) is 0 Å². The Morgan fingerprint density at radius 2 is 1.94 bits per heavy atom. The van der Waals surface area contributed by atoms with Crippen molar-refractivity contribution in [3.8, 4) is 5.75 Å². The van der Waals surface area contributed by atoms with Gasteiger partial charge in [-0.2, -0.15) is 0 Å². The quantitative estimate of drug-likeness (QED) is 0.771. The van der Waals surface area contributed by atoms with Crippen molar-refractivity contribution < 1.29 is 9.84 Å². The topological polar surface area (TPSA) is 55.5 Å². The van der Waals surface area contributed by atoms with Gasteiger partial charge in [0.15, 0.2) is 0 Å². The largest absolute Gasteiger partial charge is 0.491 e. The second-order valence-corrected chi connectivity index (χ2v) is 4.91. The zero-order valence-electron chi connectivity index (χ0n) is 10.5. The van der Waals surface area contributed by atoms with E-state index in [-0.39, 0.29) is 0 Å². The van der Waals surface area contributed by atoms with Crippen molar-refractivity contribution >= 4 is 5.69 Å². The molecule has 90 valence electrons. The highest BCUT2D eigenvalue weighted by Gasteiger charge is 2.13. The molecule has 0 aliphatic rings. The summed E-state index contributed by atoms with van der Waals surface area (Å²) in [6.07, 6.45) is 0.583. The second-order valence-electron chi connectivity index (χ2n) is 4.91. The number of hydrogen-bond donors (Lipinski definition) is 2. The third-order valence-electron chi connectivity index (χ3n) is 2.41. The predicted molar refractivity (Wildman–Crippen MR) is 66.7 cm³/mol. The van der Waals surface area contributed by atoms with Gasteiger partial charge in [0.2, 0.25) is 0 Å². The molecule has 0 aromatic heterocycles. The molecule has 0 heterocycles. The van der Waals surface area contributed by atoms with Crippen LogP contribution in [0, 0.1) is 13.8 Å². The van der Waals surface area contributed by atoms with Gasteiger partial charge in [0.1, 0.15) is 5.75 Å². The van der Waals surface area contributed by atoms with E-state index < -0.39 is 5.60 Å². The van der Waals surface area contributed by atoms with Gasteiger partial charge in [-0.3, -0.25) is 0 Å². The van der Waals surface area contributed by atoms with E-state index in [1.54, 1.807) is 13.8 Å². The maximum absolute atomic E-state index is 9.57. The molecule has 0 unspecified atom stereocenters. The summed E-state index contributed by atoms with van der Waals surface area (Å²) in [6.45, 7) is 7.98. The Bertz CT molecular complexity index is 344. The highest BCUT2D eigenvalue weighted by atomic mass is 16.5. The van der Waals surface area contributed by atoms with E-state index in [1.807, 2.05) is 26.0 Å². The second kappa shape index (κ2) is 4.74. The van der Waals surface area contributed by atoms with Gasteiger partial charge in [-0.1, -0.05) is 6.07 Å². The maximum atomic E-state index is 9.57. The Morgan fingerprint density at radius 1 is 1.31 bits per heavy atom. The van der Waals surface area contributed by atoms with E-state index in [4.69, 9.17) is 10.5 Å². The van der Waals surface area contributed by atoms with Gasteiger partial charge < -0.3 is 15.6 Å². The molecule has 0 aliphatic carbocycles. The monoisotopic (exact) mass is 223 g/mol. The lowest BCUT2D eigenvalue weighted by atomic mass is 10.1. The number of aryl methyl sites for hydroxylation is 2. The lowest BCUT2D eigenvalue weighted by molar-refractivity contribution is 0.0553. The van der Waals surface area contributed by atoms with Crippen LogP contribution in [0.4, 0.5) is 5.69 Å². The van der Waals surface area contributed by atoms with Gasteiger partial charge >= 0.3 is 0 Å². The molecule has 0 spiro atoms. The van der Waals surface area contributed by atoms with Crippen molar-refractivity contribution in [2.75, 3.05) is 12.3 Å². The zero-order chi connectivity index (χ0) is 12.3. The molecule has 1 aromatic rings. The molecule has 0 radical (unpaired) electrons. The zero-order valence-corrected chi connectivity index (χ0v) is 10.5. The fourth-order valence-electron chi connectivity index (χ4n) is 1.59. The average Bonchev–Trinajstić information content (AvgIpc) is 2.07. The number of nitrogen functional groups attached to an aromatic ring is 1. The number of benzene rings is 1. The van der Waals surface area contributed by atoms with E-state index in [2.05, 4.69) is 0 Å². The van der Waals surface area contributed by atoms with Crippen LogP contribution in [0.25, 0.3) is 0 Å². The van der Waals surface area contributed by atoms with Crippen LogP contribution in [0.3, 0.4) is 0 Å². The lowest BCUT2D eigenvalue weighted by Crippen LogP contribution is -2.22. The van der Waals surface area contributed by atoms with Crippen molar-refractivity contribution in [1.82, 2.24) is 0 Å². The summed E-state index contributed by atoms with van der Waals surface area (Å²) in [5.41, 5.74) is 8.01. The van der Waals surface area contributed by atoms with E-state index >= 15 is 0 Å². The molecule has 16 heavy (non-hydrogen) atoms. The molecular weight excluding hydrogens is 202 g/mol. The van der Waals surface area contributed by atoms with Crippen molar-refractivity contribution in [2.45, 2.75) is 39.7 Å². The van der Waals surface area contributed by atoms with Crippen LogP contribution in [0.5, 0.6) is 5.75 Å². The van der Waals surface area contributed by atoms with Crippen LogP contribution in [-0.4, -0.2) is 17.3 Å².